The van der Waals surface area contributed by atoms with Gasteiger partial charge in [-0.15, -0.1) is 0 Å². The van der Waals surface area contributed by atoms with Crippen LogP contribution in [0.4, 0.5) is 0 Å². The highest BCUT2D eigenvalue weighted by atomic mass is 16.4. The van der Waals surface area contributed by atoms with Crippen LogP contribution >= 0.6 is 0 Å². The first kappa shape index (κ1) is 21.4. The fraction of sp³-hybridized carbons (Fsp3) is 0.619. The van der Waals surface area contributed by atoms with Gasteiger partial charge in [0.1, 0.15) is 6.29 Å². The van der Waals surface area contributed by atoms with E-state index >= 15 is 0 Å². The summed E-state index contributed by atoms with van der Waals surface area (Å²) in [6.45, 7) is 17.0. The summed E-state index contributed by atoms with van der Waals surface area (Å²) < 4.78 is 0. The first-order valence-corrected chi connectivity index (χ1v) is 8.58. The molecular formula is C21H32O4. The van der Waals surface area contributed by atoms with Crippen LogP contribution in [0, 0.1) is 5.41 Å². The van der Waals surface area contributed by atoms with Crippen molar-refractivity contribution in [2.75, 3.05) is 0 Å². The predicted octanol–water partition coefficient (Wildman–Crippen LogP) is 4.41. The van der Waals surface area contributed by atoms with Gasteiger partial charge >= 0.3 is 5.97 Å². The number of aliphatic hydroxyl groups is 1. The number of carbonyl (C=O) groups excluding carboxylic acids is 1. The molecule has 1 aromatic carbocycles. The number of hydrogen-bond donors (Lipinski definition) is 2. The van der Waals surface area contributed by atoms with Gasteiger partial charge in [0, 0.05) is 16.5 Å². The molecule has 0 fully saturated rings. The molecule has 25 heavy (non-hydrogen) atoms. The Kier molecular flexibility index (Phi) is 5.33. The van der Waals surface area contributed by atoms with E-state index in [-0.39, 0.29) is 16.5 Å². The van der Waals surface area contributed by atoms with Gasteiger partial charge in [0.25, 0.3) is 0 Å². The number of rotatable bonds is 3. The topological polar surface area (TPSA) is 74.6 Å². The van der Waals surface area contributed by atoms with Crippen molar-refractivity contribution in [1.82, 2.24) is 0 Å². The molecule has 0 radical (unpaired) electrons. The number of benzene rings is 1. The molecule has 0 amide bonds. The first-order valence-electron chi connectivity index (χ1n) is 8.58. The van der Waals surface area contributed by atoms with Gasteiger partial charge in [0.05, 0.1) is 0 Å². The van der Waals surface area contributed by atoms with E-state index in [0.717, 1.165) is 5.56 Å². The lowest BCUT2D eigenvalue weighted by Crippen LogP contribution is -2.49. The fourth-order valence-electron chi connectivity index (χ4n) is 2.99. The number of carboxylic acids is 1. The summed E-state index contributed by atoms with van der Waals surface area (Å²) in [5.74, 6) is -1.35. The standard InChI is InChI=1S/C21H32O4/c1-18(2,3)14-10-13(12-22)16(15(11-14)19(4,5)6)21(25,17(23)24)20(7,8)9/h10-12,25H,1-9H3,(H,23,24). The summed E-state index contributed by atoms with van der Waals surface area (Å²) in [6, 6.07) is 3.64. The first-order chi connectivity index (χ1) is 11.0. The van der Waals surface area contributed by atoms with Crippen molar-refractivity contribution in [2.24, 2.45) is 5.41 Å². The largest absolute Gasteiger partial charge is 0.479 e. The van der Waals surface area contributed by atoms with Crippen LogP contribution < -0.4 is 0 Å². The van der Waals surface area contributed by atoms with Crippen molar-refractivity contribution in [1.29, 1.82) is 0 Å². The van der Waals surface area contributed by atoms with Crippen molar-refractivity contribution in [3.8, 4) is 0 Å². The molecule has 0 spiro atoms. The smallest absolute Gasteiger partial charge is 0.340 e. The van der Waals surface area contributed by atoms with E-state index in [1.807, 2.05) is 47.6 Å². The normalized spacial score (nSPS) is 15.6. The summed E-state index contributed by atoms with van der Waals surface area (Å²) in [5.41, 5.74) is -1.78. The lowest BCUT2D eigenvalue weighted by molar-refractivity contribution is -0.173. The molecule has 0 bridgehead atoms. The monoisotopic (exact) mass is 348 g/mol. The molecule has 1 unspecified atom stereocenters. The molecule has 0 saturated heterocycles. The fourth-order valence-corrected chi connectivity index (χ4v) is 2.99. The van der Waals surface area contributed by atoms with Gasteiger partial charge in [-0.1, -0.05) is 68.4 Å². The van der Waals surface area contributed by atoms with Gasteiger partial charge in [-0.25, -0.2) is 4.79 Å². The second-order valence-corrected chi connectivity index (χ2v) is 9.87. The molecular weight excluding hydrogens is 316 g/mol. The zero-order valence-corrected chi connectivity index (χ0v) is 16.9. The number of aldehydes is 1. The summed E-state index contributed by atoms with van der Waals surface area (Å²) in [7, 11) is 0. The Hall–Kier alpha value is -1.68. The highest BCUT2D eigenvalue weighted by Gasteiger charge is 2.52. The molecule has 0 aliphatic carbocycles. The molecule has 0 saturated carbocycles. The van der Waals surface area contributed by atoms with E-state index in [2.05, 4.69) is 0 Å². The molecule has 4 nitrogen and oxygen atoms in total. The molecule has 1 aromatic rings. The van der Waals surface area contributed by atoms with Gasteiger partial charge in [-0.2, -0.15) is 0 Å². The summed E-state index contributed by atoms with van der Waals surface area (Å²) in [4.78, 5) is 24.0. The third kappa shape index (κ3) is 3.79. The Bertz CT molecular complexity index is 682. The Morgan fingerprint density at radius 2 is 1.40 bits per heavy atom. The van der Waals surface area contributed by atoms with E-state index in [1.54, 1.807) is 26.8 Å². The Morgan fingerprint density at radius 1 is 0.920 bits per heavy atom. The van der Waals surface area contributed by atoms with E-state index in [1.165, 1.54) is 0 Å². The molecule has 0 aliphatic rings. The maximum Gasteiger partial charge on any atom is 0.340 e. The maximum absolute atomic E-state index is 12.1. The van der Waals surface area contributed by atoms with Crippen LogP contribution in [0.15, 0.2) is 12.1 Å². The Balaban J connectivity index is 4.11. The van der Waals surface area contributed by atoms with E-state index in [0.29, 0.717) is 11.8 Å². The zero-order chi connectivity index (χ0) is 20.0. The maximum atomic E-state index is 12.1. The molecule has 1 atom stereocenters. The highest BCUT2D eigenvalue weighted by molar-refractivity contribution is 5.88. The number of carbonyl (C=O) groups is 2. The Labute approximate surface area is 151 Å². The molecule has 0 aliphatic heterocycles. The SMILES string of the molecule is CC(C)(C)c1cc(C=O)c(C(O)(C(=O)O)C(C)(C)C)c(C(C)(C)C)c1. The van der Waals surface area contributed by atoms with Crippen LogP contribution in [0.3, 0.4) is 0 Å². The van der Waals surface area contributed by atoms with Crippen molar-refractivity contribution >= 4 is 12.3 Å². The van der Waals surface area contributed by atoms with Crippen LogP contribution in [-0.2, 0) is 21.2 Å². The summed E-state index contributed by atoms with van der Waals surface area (Å²) in [6.07, 6.45) is 0.652. The molecule has 0 aromatic heterocycles. The molecule has 4 heteroatoms. The predicted molar refractivity (Wildman–Crippen MR) is 100 cm³/mol. The summed E-state index contributed by atoms with van der Waals surface area (Å²) in [5, 5.41) is 21.2. The molecule has 0 heterocycles. The zero-order valence-electron chi connectivity index (χ0n) is 16.9. The van der Waals surface area contributed by atoms with Crippen molar-refractivity contribution in [3.63, 3.8) is 0 Å². The van der Waals surface area contributed by atoms with Crippen LogP contribution in [0.1, 0.15) is 89.4 Å². The highest BCUT2D eigenvalue weighted by Crippen LogP contribution is 2.46. The minimum Gasteiger partial charge on any atom is -0.479 e. The lowest BCUT2D eigenvalue weighted by atomic mass is 9.65. The van der Waals surface area contributed by atoms with E-state index in [9.17, 15) is 19.8 Å². The Morgan fingerprint density at radius 3 is 1.68 bits per heavy atom. The van der Waals surface area contributed by atoms with Crippen molar-refractivity contribution < 1.29 is 19.8 Å². The van der Waals surface area contributed by atoms with E-state index in [4.69, 9.17) is 0 Å². The van der Waals surface area contributed by atoms with Gasteiger partial charge in [0.2, 0.25) is 0 Å². The second-order valence-electron chi connectivity index (χ2n) is 9.87. The van der Waals surface area contributed by atoms with Crippen LogP contribution in [-0.4, -0.2) is 22.5 Å². The van der Waals surface area contributed by atoms with Crippen LogP contribution in [0.2, 0.25) is 0 Å². The van der Waals surface area contributed by atoms with E-state index < -0.39 is 22.4 Å². The van der Waals surface area contributed by atoms with Gasteiger partial charge in [0.15, 0.2) is 5.60 Å². The van der Waals surface area contributed by atoms with Crippen molar-refractivity contribution in [3.05, 3.63) is 34.4 Å². The third-order valence-corrected chi connectivity index (χ3v) is 4.73. The minimum atomic E-state index is -2.18. The lowest BCUT2D eigenvalue weighted by Gasteiger charge is -2.41. The molecule has 140 valence electrons. The number of carboxylic acid groups (broad SMARTS) is 1. The minimum absolute atomic E-state index is 0.197. The quantitative estimate of drug-likeness (QED) is 0.793. The van der Waals surface area contributed by atoms with Gasteiger partial charge in [-0.05, 0) is 28.0 Å². The van der Waals surface area contributed by atoms with Crippen molar-refractivity contribution in [2.45, 2.75) is 78.7 Å². The average Bonchev–Trinajstić information content (AvgIpc) is 2.41. The summed E-state index contributed by atoms with van der Waals surface area (Å²) >= 11 is 0. The number of hydrogen-bond acceptors (Lipinski definition) is 3. The number of aliphatic carboxylic acids is 1. The van der Waals surface area contributed by atoms with Gasteiger partial charge < -0.3 is 10.2 Å². The average molecular weight is 348 g/mol. The van der Waals surface area contributed by atoms with Crippen LogP contribution in [0.5, 0.6) is 0 Å². The molecule has 2 N–H and O–H groups in total. The van der Waals surface area contributed by atoms with Crippen LogP contribution in [0.25, 0.3) is 0 Å². The van der Waals surface area contributed by atoms with Gasteiger partial charge in [-0.3, -0.25) is 4.79 Å². The second kappa shape index (κ2) is 6.24. The molecule has 1 rings (SSSR count). The third-order valence-electron chi connectivity index (χ3n) is 4.73.